The molecule has 23 heavy (non-hydrogen) atoms. The first-order chi connectivity index (χ1) is 11.1. The minimum Gasteiger partial charge on any atom is -0.482 e. The van der Waals surface area contributed by atoms with Crippen molar-refractivity contribution in [3.63, 3.8) is 0 Å². The highest BCUT2D eigenvalue weighted by molar-refractivity contribution is 9.10. The van der Waals surface area contributed by atoms with Crippen molar-refractivity contribution in [3.05, 3.63) is 70.2 Å². The summed E-state index contributed by atoms with van der Waals surface area (Å²) in [7, 11) is 1.30. The molecule has 0 spiro atoms. The lowest BCUT2D eigenvalue weighted by Gasteiger charge is -2.05. The minimum atomic E-state index is -0.457. The molecule has 0 aliphatic heterocycles. The highest BCUT2D eigenvalue weighted by Gasteiger charge is 2.05. The monoisotopic (exact) mass is 374 g/mol. The molecule has 0 amide bonds. The Kier molecular flexibility index (Phi) is 6.11. The van der Waals surface area contributed by atoms with Crippen LogP contribution in [0.25, 0.3) is 6.08 Å². The number of carbonyl (C=O) groups excluding carboxylic acids is 2. The zero-order valence-electron chi connectivity index (χ0n) is 12.5. The molecule has 2 aromatic carbocycles. The minimum absolute atomic E-state index is 0.111. The SMILES string of the molecule is COC(=O)COc1ccc(C(=O)C=Cc2ccccc2Br)cc1. The zero-order chi connectivity index (χ0) is 16.7. The van der Waals surface area contributed by atoms with Crippen LogP contribution in [0, 0.1) is 0 Å². The molecule has 0 fully saturated rings. The van der Waals surface area contributed by atoms with Gasteiger partial charge in [-0.15, -0.1) is 0 Å². The number of methoxy groups -OCH3 is 1. The van der Waals surface area contributed by atoms with Crippen LogP contribution >= 0.6 is 15.9 Å². The summed E-state index contributed by atoms with van der Waals surface area (Å²) in [5.41, 5.74) is 1.47. The summed E-state index contributed by atoms with van der Waals surface area (Å²) in [5, 5.41) is 0. The van der Waals surface area contributed by atoms with E-state index in [1.54, 1.807) is 30.3 Å². The second-order valence-electron chi connectivity index (χ2n) is 4.61. The van der Waals surface area contributed by atoms with Crippen LogP contribution in [-0.2, 0) is 9.53 Å². The summed E-state index contributed by atoms with van der Waals surface area (Å²) < 4.78 is 10.6. The number of carbonyl (C=O) groups is 2. The molecule has 0 aliphatic carbocycles. The van der Waals surface area contributed by atoms with Crippen molar-refractivity contribution in [2.75, 3.05) is 13.7 Å². The van der Waals surface area contributed by atoms with E-state index in [4.69, 9.17) is 4.74 Å². The Morgan fingerprint density at radius 3 is 2.43 bits per heavy atom. The molecule has 0 atom stereocenters. The van der Waals surface area contributed by atoms with Crippen molar-refractivity contribution in [1.82, 2.24) is 0 Å². The van der Waals surface area contributed by atoms with E-state index in [9.17, 15) is 9.59 Å². The Hall–Kier alpha value is -2.40. The maximum absolute atomic E-state index is 12.1. The fourth-order valence-electron chi connectivity index (χ4n) is 1.79. The number of ether oxygens (including phenoxy) is 2. The first kappa shape index (κ1) is 17.0. The smallest absolute Gasteiger partial charge is 0.343 e. The van der Waals surface area contributed by atoms with Gasteiger partial charge in [0, 0.05) is 10.0 Å². The van der Waals surface area contributed by atoms with Crippen molar-refractivity contribution in [2.45, 2.75) is 0 Å². The Labute approximate surface area is 142 Å². The summed E-state index contributed by atoms with van der Waals surface area (Å²) in [6.07, 6.45) is 3.28. The molecule has 0 aromatic heterocycles. The van der Waals surface area contributed by atoms with Gasteiger partial charge in [0.1, 0.15) is 5.75 Å². The third-order valence-corrected chi connectivity index (χ3v) is 3.76. The predicted octanol–water partition coefficient (Wildman–Crippen LogP) is 3.90. The van der Waals surface area contributed by atoms with E-state index in [0.29, 0.717) is 11.3 Å². The molecule has 0 saturated heterocycles. The van der Waals surface area contributed by atoms with Gasteiger partial charge in [-0.1, -0.05) is 34.1 Å². The van der Waals surface area contributed by atoms with Gasteiger partial charge >= 0.3 is 5.97 Å². The van der Waals surface area contributed by atoms with Gasteiger partial charge in [0.05, 0.1) is 7.11 Å². The van der Waals surface area contributed by atoms with Crippen molar-refractivity contribution < 1.29 is 19.1 Å². The predicted molar refractivity (Wildman–Crippen MR) is 91.5 cm³/mol. The summed E-state index contributed by atoms with van der Waals surface area (Å²) in [6.45, 7) is -0.161. The van der Waals surface area contributed by atoms with Crippen LogP contribution in [0.3, 0.4) is 0 Å². The molecular weight excluding hydrogens is 360 g/mol. The largest absolute Gasteiger partial charge is 0.482 e. The molecule has 0 radical (unpaired) electrons. The quantitative estimate of drug-likeness (QED) is 0.437. The number of hydrogen-bond donors (Lipinski definition) is 0. The molecule has 0 aliphatic rings. The fourth-order valence-corrected chi connectivity index (χ4v) is 2.21. The normalized spacial score (nSPS) is 10.5. The van der Waals surface area contributed by atoms with Gasteiger partial charge in [-0.05, 0) is 48.0 Å². The van der Waals surface area contributed by atoms with Crippen LogP contribution in [0.4, 0.5) is 0 Å². The maximum Gasteiger partial charge on any atom is 0.343 e. The molecule has 0 heterocycles. The van der Waals surface area contributed by atoms with Crippen LogP contribution in [0.15, 0.2) is 59.1 Å². The van der Waals surface area contributed by atoms with E-state index in [1.165, 1.54) is 13.2 Å². The standard InChI is InChI=1S/C18H15BrO4/c1-22-18(21)12-23-15-9-6-14(7-10-15)17(20)11-8-13-4-2-3-5-16(13)19/h2-11H,12H2,1H3. The Morgan fingerprint density at radius 1 is 1.09 bits per heavy atom. The van der Waals surface area contributed by atoms with E-state index in [-0.39, 0.29) is 12.4 Å². The third kappa shape index (κ3) is 5.07. The van der Waals surface area contributed by atoms with Crippen molar-refractivity contribution in [1.29, 1.82) is 0 Å². The molecule has 118 valence electrons. The van der Waals surface area contributed by atoms with Gasteiger partial charge in [-0.25, -0.2) is 4.79 Å². The van der Waals surface area contributed by atoms with E-state index in [2.05, 4.69) is 20.7 Å². The highest BCUT2D eigenvalue weighted by atomic mass is 79.9. The molecule has 2 aromatic rings. The van der Waals surface area contributed by atoms with Crippen LogP contribution in [0.5, 0.6) is 5.75 Å². The summed E-state index contributed by atoms with van der Waals surface area (Å²) in [4.78, 5) is 23.1. The Balaban J connectivity index is 2.00. The topological polar surface area (TPSA) is 52.6 Å². The lowest BCUT2D eigenvalue weighted by molar-refractivity contribution is -0.142. The molecule has 4 nitrogen and oxygen atoms in total. The van der Waals surface area contributed by atoms with Gasteiger partial charge in [0.15, 0.2) is 12.4 Å². The third-order valence-electron chi connectivity index (χ3n) is 3.04. The number of esters is 1. The molecule has 0 saturated carbocycles. The number of halogens is 1. The van der Waals surface area contributed by atoms with Crippen LogP contribution in [-0.4, -0.2) is 25.5 Å². The molecule has 0 N–H and O–H groups in total. The molecule has 0 unspecified atom stereocenters. The van der Waals surface area contributed by atoms with Crippen LogP contribution in [0.1, 0.15) is 15.9 Å². The first-order valence-corrected chi connectivity index (χ1v) is 7.66. The van der Waals surface area contributed by atoms with Gasteiger partial charge < -0.3 is 9.47 Å². The van der Waals surface area contributed by atoms with Gasteiger partial charge in [-0.3, -0.25) is 4.79 Å². The fraction of sp³-hybridized carbons (Fsp3) is 0.111. The van der Waals surface area contributed by atoms with Crippen molar-refractivity contribution in [3.8, 4) is 5.75 Å². The Morgan fingerprint density at radius 2 is 1.78 bits per heavy atom. The summed E-state index contributed by atoms with van der Waals surface area (Å²) in [6, 6.07) is 14.2. The first-order valence-electron chi connectivity index (χ1n) is 6.87. The van der Waals surface area contributed by atoms with Crippen LogP contribution in [0.2, 0.25) is 0 Å². The lowest BCUT2D eigenvalue weighted by atomic mass is 10.1. The molecule has 0 bridgehead atoms. The molecule has 5 heteroatoms. The van der Waals surface area contributed by atoms with Crippen LogP contribution < -0.4 is 4.74 Å². The van der Waals surface area contributed by atoms with Gasteiger partial charge in [0.25, 0.3) is 0 Å². The second kappa shape index (κ2) is 8.29. The molecular formula is C18H15BrO4. The van der Waals surface area contributed by atoms with E-state index >= 15 is 0 Å². The van der Waals surface area contributed by atoms with Crippen molar-refractivity contribution >= 4 is 33.8 Å². The Bertz CT molecular complexity index is 720. The maximum atomic E-state index is 12.1. The van der Waals surface area contributed by atoms with E-state index < -0.39 is 5.97 Å². The summed E-state index contributed by atoms with van der Waals surface area (Å²) >= 11 is 3.43. The number of hydrogen-bond acceptors (Lipinski definition) is 4. The number of ketones is 1. The van der Waals surface area contributed by atoms with Gasteiger partial charge in [0.2, 0.25) is 0 Å². The van der Waals surface area contributed by atoms with E-state index in [0.717, 1.165) is 10.0 Å². The number of benzene rings is 2. The second-order valence-corrected chi connectivity index (χ2v) is 5.46. The lowest BCUT2D eigenvalue weighted by Crippen LogP contribution is -2.12. The van der Waals surface area contributed by atoms with Crippen molar-refractivity contribution in [2.24, 2.45) is 0 Å². The number of allylic oxidation sites excluding steroid dienone is 1. The number of rotatable bonds is 6. The average Bonchev–Trinajstić information content (AvgIpc) is 2.59. The average molecular weight is 375 g/mol. The van der Waals surface area contributed by atoms with Gasteiger partial charge in [-0.2, -0.15) is 0 Å². The highest BCUT2D eigenvalue weighted by Crippen LogP contribution is 2.18. The van der Waals surface area contributed by atoms with E-state index in [1.807, 2.05) is 24.3 Å². The summed E-state index contributed by atoms with van der Waals surface area (Å²) in [5.74, 6) is -0.0662. The molecule has 2 rings (SSSR count). The zero-order valence-corrected chi connectivity index (χ0v) is 14.1.